The quantitative estimate of drug-likeness (QED) is 0.436. The molecule has 0 aliphatic carbocycles. The highest BCUT2D eigenvalue weighted by Gasteiger charge is 2.13. The van der Waals surface area contributed by atoms with Crippen LogP contribution < -0.4 is 4.74 Å². The van der Waals surface area contributed by atoms with E-state index in [9.17, 15) is 0 Å². The predicted molar refractivity (Wildman–Crippen MR) is 117 cm³/mol. The number of aryl methyl sites for hydroxylation is 2. The van der Waals surface area contributed by atoms with E-state index < -0.39 is 0 Å². The Morgan fingerprint density at radius 2 is 1.67 bits per heavy atom. The van der Waals surface area contributed by atoms with Crippen molar-refractivity contribution in [2.24, 2.45) is 14.1 Å². The van der Waals surface area contributed by atoms with Crippen LogP contribution in [0.2, 0.25) is 0 Å². The molecule has 0 amide bonds. The molecule has 0 aliphatic rings. The fourth-order valence-electron chi connectivity index (χ4n) is 3.60. The van der Waals surface area contributed by atoms with E-state index in [0.29, 0.717) is 12.5 Å². The second kappa shape index (κ2) is 7.48. The normalized spacial score (nSPS) is 11.1. The molecule has 0 unspecified atom stereocenters. The Bertz CT molecular complexity index is 1300. The fourth-order valence-corrected chi connectivity index (χ4v) is 3.60. The van der Waals surface area contributed by atoms with Crippen LogP contribution in [0.25, 0.3) is 33.4 Å². The van der Waals surface area contributed by atoms with Crippen molar-refractivity contribution in [3.63, 3.8) is 0 Å². The molecule has 0 N–H and O–H groups in total. The Balaban J connectivity index is 1.37. The van der Waals surface area contributed by atoms with E-state index >= 15 is 0 Å². The molecule has 0 saturated carbocycles. The average Bonchev–Trinajstić information content (AvgIpc) is 3.33. The summed E-state index contributed by atoms with van der Waals surface area (Å²) in [4.78, 5) is 9.13. The van der Waals surface area contributed by atoms with Crippen LogP contribution in [-0.4, -0.2) is 24.3 Å². The van der Waals surface area contributed by atoms with Gasteiger partial charge in [0.1, 0.15) is 18.1 Å². The highest BCUT2D eigenvalue weighted by Crippen LogP contribution is 2.31. The van der Waals surface area contributed by atoms with Crippen molar-refractivity contribution in [3.8, 4) is 28.3 Å². The number of ether oxygens (including phenoxy) is 1. The molecule has 148 valence electrons. The monoisotopic (exact) mass is 395 g/mol. The Morgan fingerprint density at radius 3 is 2.43 bits per heavy atom. The van der Waals surface area contributed by atoms with E-state index in [1.807, 2.05) is 78.1 Å². The molecule has 30 heavy (non-hydrogen) atoms. The van der Waals surface area contributed by atoms with Gasteiger partial charge < -0.3 is 9.30 Å². The summed E-state index contributed by atoms with van der Waals surface area (Å²) in [6.07, 6.45) is 3.83. The maximum atomic E-state index is 5.89. The first-order valence-corrected chi connectivity index (χ1v) is 9.77. The van der Waals surface area contributed by atoms with Crippen LogP contribution in [0.15, 0.2) is 79.1 Å². The van der Waals surface area contributed by atoms with Gasteiger partial charge in [-0.2, -0.15) is 5.10 Å². The lowest BCUT2D eigenvalue weighted by Gasteiger charge is -2.07. The fraction of sp³-hybridized carbons (Fsp3) is 0.125. The molecule has 3 heterocycles. The van der Waals surface area contributed by atoms with E-state index in [-0.39, 0.29) is 0 Å². The number of benzene rings is 2. The summed E-state index contributed by atoms with van der Waals surface area (Å²) < 4.78 is 9.77. The van der Waals surface area contributed by atoms with Gasteiger partial charge in [-0.1, -0.05) is 42.5 Å². The van der Waals surface area contributed by atoms with Gasteiger partial charge in [0.15, 0.2) is 0 Å². The third kappa shape index (κ3) is 3.33. The molecule has 0 saturated heterocycles. The number of nitrogens with zero attached hydrogens (tertiary/aromatic N) is 5. The molecule has 2 aromatic carbocycles. The summed E-state index contributed by atoms with van der Waals surface area (Å²) >= 11 is 0. The Labute approximate surface area is 174 Å². The summed E-state index contributed by atoms with van der Waals surface area (Å²) in [7, 11) is 3.93. The highest BCUT2D eigenvalue weighted by molar-refractivity contribution is 5.80. The molecular formula is C24H21N5O. The highest BCUT2D eigenvalue weighted by atomic mass is 16.5. The minimum atomic E-state index is 0.358. The number of hydrogen-bond donors (Lipinski definition) is 0. The van der Waals surface area contributed by atoms with Gasteiger partial charge in [0, 0.05) is 43.7 Å². The SMILES string of the molecule is Cn1cc(-c2ccccc2)c(-c2ccc(OCc3nc4ccccc4n3C)nc2)n1. The molecule has 0 radical (unpaired) electrons. The molecular weight excluding hydrogens is 374 g/mol. The number of aromatic nitrogens is 5. The molecule has 0 bridgehead atoms. The second-order valence-electron chi connectivity index (χ2n) is 7.18. The summed E-state index contributed by atoms with van der Waals surface area (Å²) in [5.41, 5.74) is 6.10. The van der Waals surface area contributed by atoms with E-state index in [0.717, 1.165) is 39.2 Å². The van der Waals surface area contributed by atoms with Gasteiger partial charge >= 0.3 is 0 Å². The molecule has 0 fully saturated rings. The molecule has 0 spiro atoms. The van der Waals surface area contributed by atoms with Crippen molar-refractivity contribution < 1.29 is 4.74 Å². The summed E-state index contributed by atoms with van der Waals surface area (Å²) in [5.74, 6) is 1.42. The topological polar surface area (TPSA) is 57.8 Å². The van der Waals surface area contributed by atoms with E-state index in [1.165, 1.54) is 0 Å². The number of hydrogen-bond acceptors (Lipinski definition) is 4. The molecule has 0 aliphatic heterocycles. The molecule has 6 heteroatoms. The van der Waals surface area contributed by atoms with E-state index in [4.69, 9.17) is 4.74 Å². The lowest BCUT2D eigenvalue weighted by atomic mass is 10.0. The van der Waals surface area contributed by atoms with Crippen molar-refractivity contribution in [2.75, 3.05) is 0 Å². The van der Waals surface area contributed by atoms with Crippen LogP contribution in [0.5, 0.6) is 5.88 Å². The minimum absolute atomic E-state index is 0.358. The van der Waals surface area contributed by atoms with Crippen molar-refractivity contribution in [3.05, 3.63) is 84.9 Å². The smallest absolute Gasteiger partial charge is 0.213 e. The standard InChI is InChI=1S/C24H21N5O/c1-28-15-19(17-8-4-3-5-9-17)24(27-28)18-12-13-23(25-14-18)30-16-22-26-20-10-6-7-11-21(20)29(22)2/h3-15H,16H2,1-2H3. The zero-order chi connectivity index (χ0) is 20.5. The maximum Gasteiger partial charge on any atom is 0.213 e. The van der Waals surface area contributed by atoms with Crippen molar-refractivity contribution >= 4 is 11.0 Å². The maximum absolute atomic E-state index is 5.89. The molecule has 5 aromatic rings. The zero-order valence-corrected chi connectivity index (χ0v) is 16.9. The minimum Gasteiger partial charge on any atom is -0.469 e. The first kappa shape index (κ1) is 18.1. The molecule has 3 aromatic heterocycles. The van der Waals surface area contributed by atoms with Crippen LogP contribution in [0.4, 0.5) is 0 Å². The van der Waals surface area contributed by atoms with Gasteiger partial charge in [0.25, 0.3) is 0 Å². The van der Waals surface area contributed by atoms with Crippen LogP contribution >= 0.6 is 0 Å². The van der Waals surface area contributed by atoms with Gasteiger partial charge in [0.05, 0.1) is 11.0 Å². The molecule has 6 nitrogen and oxygen atoms in total. The Hall–Kier alpha value is -3.93. The van der Waals surface area contributed by atoms with Crippen molar-refractivity contribution in [1.82, 2.24) is 24.3 Å². The van der Waals surface area contributed by atoms with Gasteiger partial charge in [-0.15, -0.1) is 0 Å². The first-order chi connectivity index (χ1) is 14.7. The zero-order valence-electron chi connectivity index (χ0n) is 16.9. The number of rotatable bonds is 5. The molecule has 5 rings (SSSR count). The Morgan fingerprint density at radius 1 is 0.867 bits per heavy atom. The third-order valence-corrected chi connectivity index (χ3v) is 5.15. The average molecular weight is 395 g/mol. The van der Waals surface area contributed by atoms with Crippen molar-refractivity contribution in [1.29, 1.82) is 0 Å². The predicted octanol–water partition coefficient (Wildman–Crippen LogP) is 4.61. The number of imidazole rings is 1. The largest absolute Gasteiger partial charge is 0.469 e. The summed E-state index contributed by atoms with van der Waals surface area (Å²) in [6, 6.07) is 22.2. The van der Waals surface area contributed by atoms with Gasteiger partial charge in [-0.25, -0.2) is 9.97 Å². The van der Waals surface area contributed by atoms with Crippen LogP contribution in [0.1, 0.15) is 5.82 Å². The number of pyridine rings is 1. The van der Waals surface area contributed by atoms with Crippen LogP contribution in [0.3, 0.4) is 0 Å². The van der Waals surface area contributed by atoms with E-state index in [2.05, 4.69) is 33.3 Å². The summed E-state index contributed by atoms with van der Waals surface area (Å²) in [5, 5.41) is 4.64. The van der Waals surface area contributed by atoms with Crippen molar-refractivity contribution in [2.45, 2.75) is 6.61 Å². The van der Waals surface area contributed by atoms with Gasteiger partial charge in [0.2, 0.25) is 5.88 Å². The Kier molecular flexibility index (Phi) is 4.52. The van der Waals surface area contributed by atoms with E-state index in [1.54, 1.807) is 6.20 Å². The van der Waals surface area contributed by atoms with Crippen LogP contribution in [0, 0.1) is 0 Å². The van der Waals surface area contributed by atoms with Crippen LogP contribution in [-0.2, 0) is 20.7 Å². The first-order valence-electron chi connectivity index (χ1n) is 9.77. The van der Waals surface area contributed by atoms with Gasteiger partial charge in [-0.05, 0) is 23.8 Å². The number of para-hydroxylation sites is 2. The lowest BCUT2D eigenvalue weighted by Crippen LogP contribution is -2.04. The molecule has 0 atom stereocenters. The van der Waals surface area contributed by atoms with Gasteiger partial charge in [-0.3, -0.25) is 4.68 Å². The second-order valence-corrected chi connectivity index (χ2v) is 7.18. The summed E-state index contributed by atoms with van der Waals surface area (Å²) in [6.45, 7) is 0.358. The lowest BCUT2D eigenvalue weighted by molar-refractivity contribution is 0.281. The number of fused-ring (bicyclic) bond motifs is 1. The third-order valence-electron chi connectivity index (χ3n) is 5.15.